The van der Waals surface area contributed by atoms with Gasteiger partial charge in [0, 0.05) is 11.6 Å². The zero-order chi connectivity index (χ0) is 12.6. The van der Waals surface area contributed by atoms with E-state index in [1.165, 1.54) is 17.2 Å². The fraction of sp³-hybridized carbons (Fsp3) is 0.267. The van der Waals surface area contributed by atoms with Crippen molar-refractivity contribution in [3.63, 3.8) is 0 Å². The lowest BCUT2D eigenvalue weighted by atomic mass is 9.99. The molecule has 0 spiro atoms. The molecule has 17 heavy (non-hydrogen) atoms. The maximum absolute atomic E-state index is 13.6. The molecule has 0 aliphatic heterocycles. The lowest BCUT2D eigenvalue weighted by molar-refractivity contribution is -0.661. The summed E-state index contributed by atoms with van der Waals surface area (Å²) in [6.45, 7) is 5.95. The van der Waals surface area contributed by atoms with E-state index in [0.29, 0.717) is 5.56 Å². The van der Waals surface area contributed by atoms with E-state index in [1.54, 1.807) is 6.20 Å². The van der Waals surface area contributed by atoms with Gasteiger partial charge >= 0.3 is 0 Å². The molecular weight excluding hydrogens is 213 g/mol. The number of aromatic nitrogens is 1. The minimum atomic E-state index is -0.155. The van der Waals surface area contributed by atoms with Crippen LogP contribution in [-0.2, 0) is 7.05 Å². The summed E-state index contributed by atoms with van der Waals surface area (Å²) in [5, 5.41) is 0. The molecule has 1 heterocycles. The number of hydrogen-bond acceptors (Lipinski definition) is 0. The Bertz CT molecular complexity index is 573. The topological polar surface area (TPSA) is 3.88 Å². The van der Waals surface area contributed by atoms with E-state index in [9.17, 15) is 4.39 Å². The van der Waals surface area contributed by atoms with Gasteiger partial charge in [-0.3, -0.25) is 0 Å². The van der Waals surface area contributed by atoms with Gasteiger partial charge in [-0.2, -0.15) is 0 Å². The Hall–Kier alpha value is -1.70. The van der Waals surface area contributed by atoms with Crippen LogP contribution < -0.4 is 4.57 Å². The first-order valence-electron chi connectivity index (χ1n) is 5.73. The average molecular weight is 230 g/mol. The minimum absolute atomic E-state index is 0.155. The molecule has 0 unspecified atom stereocenters. The predicted octanol–water partition coefficient (Wildman–Crippen LogP) is 3.24. The van der Waals surface area contributed by atoms with Crippen molar-refractivity contribution < 1.29 is 8.96 Å². The molecule has 0 bridgehead atoms. The van der Waals surface area contributed by atoms with Crippen LogP contribution in [0.4, 0.5) is 4.39 Å². The molecule has 0 saturated carbocycles. The summed E-state index contributed by atoms with van der Waals surface area (Å²) in [7, 11) is 1.95. The van der Waals surface area contributed by atoms with Gasteiger partial charge in [0.05, 0.1) is 5.56 Å². The molecule has 0 saturated heterocycles. The highest BCUT2D eigenvalue weighted by atomic mass is 19.1. The van der Waals surface area contributed by atoms with Gasteiger partial charge in [-0.05, 0) is 32.4 Å². The zero-order valence-corrected chi connectivity index (χ0v) is 10.7. The van der Waals surface area contributed by atoms with Gasteiger partial charge in [0.25, 0.3) is 0 Å². The van der Waals surface area contributed by atoms with Crippen molar-refractivity contribution in [1.82, 2.24) is 0 Å². The molecule has 2 heteroatoms. The molecule has 0 aliphatic rings. The summed E-state index contributed by atoms with van der Waals surface area (Å²) in [5.41, 5.74) is 5.14. The molecule has 1 aromatic heterocycles. The average Bonchev–Trinajstić information content (AvgIpc) is 2.27. The maximum Gasteiger partial charge on any atom is 0.218 e. The van der Waals surface area contributed by atoms with Crippen molar-refractivity contribution in [1.29, 1.82) is 0 Å². The fourth-order valence-electron chi connectivity index (χ4n) is 2.23. The van der Waals surface area contributed by atoms with Crippen LogP contribution in [0.3, 0.4) is 0 Å². The van der Waals surface area contributed by atoms with Crippen LogP contribution in [0.2, 0.25) is 0 Å². The lowest BCUT2D eigenvalue weighted by Crippen LogP contribution is -2.32. The summed E-state index contributed by atoms with van der Waals surface area (Å²) >= 11 is 0. The smallest absolute Gasteiger partial charge is 0.206 e. The number of rotatable bonds is 1. The van der Waals surface area contributed by atoms with Gasteiger partial charge in [0.1, 0.15) is 12.9 Å². The Labute approximate surface area is 102 Å². The predicted molar refractivity (Wildman–Crippen MR) is 67.2 cm³/mol. The maximum atomic E-state index is 13.6. The second-order valence-corrected chi connectivity index (χ2v) is 4.57. The van der Waals surface area contributed by atoms with E-state index in [2.05, 4.69) is 32.0 Å². The Morgan fingerprint density at radius 2 is 1.76 bits per heavy atom. The number of pyridine rings is 1. The Balaban J connectivity index is 2.72. The summed E-state index contributed by atoms with van der Waals surface area (Å²) < 4.78 is 15.6. The third kappa shape index (κ3) is 2.07. The third-order valence-corrected chi connectivity index (χ3v) is 3.15. The monoisotopic (exact) mass is 230 g/mol. The highest BCUT2D eigenvalue weighted by Crippen LogP contribution is 2.25. The molecule has 0 aliphatic carbocycles. The first-order valence-corrected chi connectivity index (χ1v) is 5.73. The van der Waals surface area contributed by atoms with Gasteiger partial charge in [-0.15, -0.1) is 0 Å². The van der Waals surface area contributed by atoms with E-state index in [4.69, 9.17) is 0 Å². The van der Waals surface area contributed by atoms with Gasteiger partial charge < -0.3 is 0 Å². The van der Waals surface area contributed by atoms with Crippen LogP contribution >= 0.6 is 0 Å². The zero-order valence-electron chi connectivity index (χ0n) is 10.7. The van der Waals surface area contributed by atoms with E-state index < -0.39 is 0 Å². The number of benzene rings is 1. The molecule has 0 N–H and O–H groups in total. The van der Waals surface area contributed by atoms with Crippen molar-refractivity contribution >= 4 is 0 Å². The Kier molecular flexibility index (Phi) is 2.97. The second kappa shape index (κ2) is 4.28. The van der Waals surface area contributed by atoms with Crippen LogP contribution in [0.1, 0.15) is 16.7 Å². The standard InChI is InChI=1S/C15H17FN/c1-10-5-6-13(11(2)9-10)15-12(3)14(16)7-8-17(15)4/h5-9H,1-4H3/q+1. The molecule has 1 aromatic carbocycles. The molecule has 88 valence electrons. The molecular formula is C15H17FN+. The summed E-state index contributed by atoms with van der Waals surface area (Å²) in [4.78, 5) is 0. The van der Waals surface area contributed by atoms with E-state index in [0.717, 1.165) is 11.3 Å². The minimum Gasteiger partial charge on any atom is -0.206 e. The van der Waals surface area contributed by atoms with Crippen LogP contribution in [0.25, 0.3) is 11.3 Å². The van der Waals surface area contributed by atoms with Gasteiger partial charge in [0.15, 0.2) is 6.20 Å². The van der Waals surface area contributed by atoms with Crippen LogP contribution in [0.5, 0.6) is 0 Å². The van der Waals surface area contributed by atoms with Crippen molar-refractivity contribution in [2.45, 2.75) is 20.8 Å². The number of aryl methyl sites for hydroxylation is 3. The Morgan fingerprint density at radius 3 is 2.41 bits per heavy atom. The molecule has 2 aromatic rings. The summed E-state index contributed by atoms with van der Waals surface area (Å²) in [5.74, 6) is -0.155. The van der Waals surface area contributed by atoms with E-state index in [1.807, 2.05) is 18.5 Å². The molecule has 2 rings (SSSR count). The van der Waals surface area contributed by atoms with Gasteiger partial charge in [0.2, 0.25) is 5.69 Å². The number of nitrogens with zero attached hydrogens (tertiary/aromatic N) is 1. The van der Waals surface area contributed by atoms with Crippen LogP contribution in [0.15, 0.2) is 30.5 Å². The normalized spacial score (nSPS) is 10.6. The van der Waals surface area contributed by atoms with Gasteiger partial charge in [-0.25, -0.2) is 8.96 Å². The SMILES string of the molecule is Cc1ccc(-c2c(C)c(F)cc[n+]2C)c(C)c1. The second-order valence-electron chi connectivity index (χ2n) is 4.57. The Morgan fingerprint density at radius 1 is 1.06 bits per heavy atom. The van der Waals surface area contributed by atoms with Crippen LogP contribution in [0, 0.1) is 26.6 Å². The first kappa shape index (κ1) is 11.8. The molecule has 0 amide bonds. The quantitative estimate of drug-likeness (QED) is 0.662. The number of halogens is 1. The highest BCUT2D eigenvalue weighted by Gasteiger charge is 2.18. The molecule has 1 nitrogen and oxygen atoms in total. The van der Waals surface area contributed by atoms with Crippen LogP contribution in [-0.4, -0.2) is 0 Å². The summed E-state index contributed by atoms with van der Waals surface area (Å²) in [6.07, 6.45) is 1.76. The van der Waals surface area contributed by atoms with Crippen molar-refractivity contribution in [2.75, 3.05) is 0 Å². The fourth-order valence-corrected chi connectivity index (χ4v) is 2.23. The molecule has 0 fully saturated rings. The number of hydrogen-bond donors (Lipinski definition) is 0. The first-order chi connectivity index (χ1) is 8.00. The summed E-state index contributed by atoms with van der Waals surface area (Å²) in [6, 6.07) is 7.75. The third-order valence-electron chi connectivity index (χ3n) is 3.15. The van der Waals surface area contributed by atoms with Crippen molar-refractivity contribution in [3.8, 4) is 11.3 Å². The van der Waals surface area contributed by atoms with E-state index >= 15 is 0 Å². The van der Waals surface area contributed by atoms with E-state index in [-0.39, 0.29) is 5.82 Å². The largest absolute Gasteiger partial charge is 0.218 e. The highest BCUT2D eigenvalue weighted by molar-refractivity contribution is 5.64. The molecule has 0 atom stereocenters. The molecule has 0 radical (unpaired) electrons. The lowest BCUT2D eigenvalue weighted by Gasteiger charge is -2.08. The van der Waals surface area contributed by atoms with Crippen molar-refractivity contribution in [3.05, 3.63) is 53.0 Å². The van der Waals surface area contributed by atoms with Crippen molar-refractivity contribution in [2.24, 2.45) is 7.05 Å². The van der Waals surface area contributed by atoms with Gasteiger partial charge in [-0.1, -0.05) is 17.7 Å².